The number of rotatable bonds is 3. The van der Waals surface area contributed by atoms with Gasteiger partial charge in [-0.1, -0.05) is 12.8 Å². The lowest BCUT2D eigenvalue weighted by Crippen LogP contribution is -2.47. The molecule has 2 aliphatic rings. The van der Waals surface area contributed by atoms with Crippen molar-refractivity contribution in [3.8, 4) is 0 Å². The first-order valence-corrected chi connectivity index (χ1v) is 8.44. The molecule has 2 nitrogen and oxygen atoms in total. The van der Waals surface area contributed by atoms with Gasteiger partial charge in [-0.25, -0.2) is 4.39 Å². The molecule has 1 saturated carbocycles. The number of piperidine rings is 1. The fourth-order valence-electron chi connectivity index (χ4n) is 4.21. The van der Waals surface area contributed by atoms with Crippen LogP contribution in [0.4, 0.5) is 10.1 Å². The molecule has 3 heteroatoms. The SMILES string of the molecule is CNC(C)c1cc(F)ccc1N1CCCC2CCCCC21. The van der Waals surface area contributed by atoms with Crippen molar-refractivity contribution in [2.45, 2.75) is 57.5 Å². The molecule has 1 heterocycles. The fourth-order valence-corrected chi connectivity index (χ4v) is 4.21. The summed E-state index contributed by atoms with van der Waals surface area (Å²) in [5.41, 5.74) is 2.35. The second kappa shape index (κ2) is 6.35. The lowest BCUT2D eigenvalue weighted by atomic mass is 9.78. The highest BCUT2D eigenvalue weighted by Gasteiger charge is 2.34. The maximum Gasteiger partial charge on any atom is 0.123 e. The van der Waals surface area contributed by atoms with Gasteiger partial charge in [-0.15, -0.1) is 0 Å². The third-order valence-electron chi connectivity index (χ3n) is 5.44. The summed E-state index contributed by atoms with van der Waals surface area (Å²) in [6.45, 7) is 3.23. The Labute approximate surface area is 127 Å². The zero-order valence-corrected chi connectivity index (χ0v) is 13.2. The van der Waals surface area contributed by atoms with Crippen LogP contribution in [0.3, 0.4) is 0 Å². The molecule has 1 aliphatic carbocycles. The Morgan fingerprint density at radius 2 is 1.95 bits per heavy atom. The fraction of sp³-hybridized carbons (Fsp3) is 0.667. The summed E-state index contributed by atoms with van der Waals surface area (Å²) < 4.78 is 13.7. The smallest absolute Gasteiger partial charge is 0.123 e. The van der Waals surface area contributed by atoms with Crippen LogP contribution < -0.4 is 10.2 Å². The maximum atomic E-state index is 13.7. The Balaban J connectivity index is 1.94. The minimum Gasteiger partial charge on any atom is -0.368 e. The van der Waals surface area contributed by atoms with Crippen molar-refractivity contribution in [1.29, 1.82) is 0 Å². The van der Waals surface area contributed by atoms with Crippen molar-refractivity contribution in [3.63, 3.8) is 0 Å². The Hall–Kier alpha value is -1.09. The highest BCUT2D eigenvalue weighted by Crippen LogP contribution is 2.40. The largest absolute Gasteiger partial charge is 0.368 e. The number of hydrogen-bond donors (Lipinski definition) is 1. The number of nitrogens with one attached hydrogen (secondary N) is 1. The van der Waals surface area contributed by atoms with Crippen LogP contribution in [-0.4, -0.2) is 19.6 Å². The molecule has 0 aromatic heterocycles. The first-order valence-electron chi connectivity index (χ1n) is 8.44. The van der Waals surface area contributed by atoms with Gasteiger partial charge < -0.3 is 10.2 Å². The van der Waals surface area contributed by atoms with Crippen molar-refractivity contribution in [3.05, 3.63) is 29.6 Å². The van der Waals surface area contributed by atoms with Crippen LogP contribution in [0.2, 0.25) is 0 Å². The van der Waals surface area contributed by atoms with Gasteiger partial charge in [0, 0.05) is 24.3 Å². The van der Waals surface area contributed by atoms with E-state index in [0.29, 0.717) is 6.04 Å². The number of halogens is 1. The highest BCUT2D eigenvalue weighted by molar-refractivity contribution is 5.56. The Morgan fingerprint density at radius 3 is 2.76 bits per heavy atom. The molecule has 21 heavy (non-hydrogen) atoms. The third kappa shape index (κ3) is 2.94. The second-order valence-electron chi connectivity index (χ2n) is 6.66. The van der Waals surface area contributed by atoms with E-state index in [0.717, 1.165) is 18.0 Å². The number of nitrogens with zero attached hydrogens (tertiary/aromatic N) is 1. The summed E-state index contributed by atoms with van der Waals surface area (Å²) in [4.78, 5) is 2.58. The van der Waals surface area contributed by atoms with E-state index in [2.05, 4.69) is 17.1 Å². The van der Waals surface area contributed by atoms with E-state index in [1.54, 1.807) is 12.1 Å². The summed E-state index contributed by atoms with van der Waals surface area (Å²) in [5, 5.41) is 3.27. The molecule has 1 aromatic carbocycles. The van der Waals surface area contributed by atoms with Gasteiger partial charge in [0.2, 0.25) is 0 Å². The summed E-state index contributed by atoms with van der Waals surface area (Å²) in [6.07, 6.45) is 8.05. The van der Waals surface area contributed by atoms with Crippen LogP contribution in [0.5, 0.6) is 0 Å². The zero-order valence-electron chi connectivity index (χ0n) is 13.2. The van der Waals surface area contributed by atoms with Gasteiger partial charge in [-0.05, 0) is 69.3 Å². The predicted octanol–water partition coefficient (Wildman–Crippen LogP) is 4.27. The van der Waals surface area contributed by atoms with Gasteiger partial charge in [0.25, 0.3) is 0 Å². The normalized spacial score (nSPS) is 27.3. The molecule has 1 N–H and O–H groups in total. The summed E-state index contributed by atoms with van der Waals surface area (Å²) in [5.74, 6) is 0.711. The molecule has 0 amide bonds. The molecule has 0 radical (unpaired) electrons. The number of benzene rings is 1. The van der Waals surface area contributed by atoms with Crippen LogP contribution in [-0.2, 0) is 0 Å². The van der Waals surface area contributed by atoms with Gasteiger partial charge >= 0.3 is 0 Å². The first kappa shape index (κ1) is 14.8. The molecule has 3 atom stereocenters. The van der Waals surface area contributed by atoms with E-state index < -0.39 is 0 Å². The predicted molar refractivity (Wildman–Crippen MR) is 86.2 cm³/mol. The van der Waals surface area contributed by atoms with Gasteiger partial charge in [0.1, 0.15) is 5.82 Å². The van der Waals surface area contributed by atoms with E-state index in [1.807, 2.05) is 13.1 Å². The second-order valence-corrected chi connectivity index (χ2v) is 6.66. The van der Waals surface area contributed by atoms with Crippen LogP contribution in [0.25, 0.3) is 0 Å². The Kier molecular flexibility index (Phi) is 4.48. The van der Waals surface area contributed by atoms with Gasteiger partial charge in [-0.3, -0.25) is 0 Å². The summed E-state index contributed by atoms with van der Waals surface area (Å²) >= 11 is 0. The molecule has 1 saturated heterocycles. The topological polar surface area (TPSA) is 15.3 Å². The van der Waals surface area contributed by atoms with Crippen LogP contribution >= 0.6 is 0 Å². The molecular weight excluding hydrogens is 263 g/mol. The maximum absolute atomic E-state index is 13.7. The molecule has 0 bridgehead atoms. The molecule has 1 aliphatic heterocycles. The molecule has 3 rings (SSSR count). The number of fused-ring (bicyclic) bond motifs is 1. The molecule has 1 aromatic rings. The standard InChI is InChI=1S/C18H27FN2/c1-13(20-2)16-12-15(19)9-10-18(16)21-11-5-7-14-6-3-4-8-17(14)21/h9-10,12-14,17,20H,3-8,11H2,1-2H3. The summed E-state index contributed by atoms with van der Waals surface area (Å²) in [7, 11) is 1.94. The van der Waals surface area contributed by atoms with Gasteiger partial charge in [0.15, 0.2) is 0 Å². The minimum atomic E-state index is -0.131. The molecule has 3 unspecified atom stereocenters. The highest BCUT2D eigenvalue weighted by atomic mass is 19.1. The van der Waals surface area contributed by atoms with Gasteiger partial charge in [-0.2, -0.15) is 0 Å². The molecular formula is C18H27FN2. The van der Waals surface area contributed by atoms with Crippen LogP contribution in [0.15, 0.2) is 18.2 Å². The van der Waals surface area contributed by atoms with Crippen molar-refractivity contribution in [2.24, 2.45) is 5.92 Å². The van der Waals surface area contributed by atoms with Crippen LogP contribution in [0.1, 0.15) is 57.1 Å². The minimum absolute atomic E-state index is 0.131. The van der Waals surface area contributed by atoms with Crippen molar-refractivity contribution in [2.75, 3.05) is 18.5 Å². The first-order chi connectivity index (χ1) is 10.2. The summed E-state index contributed by atoms with van der Waals surface area (Å²) in [6, 6.07) is 6.17. The molecule has 0 spiro atoms. The Morgan fingerprint density at radius 1 is 1.19 bits per heavy atom. The zero-order chi connectivity index (χ0) is 14.8. The van der Waals surface area contributed by atoms with Crippen molar-refractivity contribution >= 4 is 5.69 Å². The van der Waals surface area contributed by atoms with Crippen molar-refractivity contribution in [1.82, 2.24) is 5.32 Å². The molecule has 116 valence electrons. The molecule has 2 fully saturated rings. The number of hydrogen-bond acceptors (Lipinski definition) is 2. The van der Waals surface area contributed by atoms with E-state index in [1.165, 1.54) is 44.2 Å². The van der Waals surface area contributed by atoms with E-state index in [4.69, 9.17) is 0 Å². The average molecular weight is 290 g/mol. The quantitative estimate of drug-likeness (QED) is 0.894. The monoisotopic (exact) mass is 290 g/mol. The lowest BCUT2D eigenvalue weighted by molar-refractivity contribution is 0.243. The number of anilines is 1. The van der Waals surface area contributed by atoms with Crippen molar-refractivity contribution < 1.29 is 4.39 Å². The van der Waals surface area contributed by atoms with Gasteiger partial charge in [0.05, 0.1) is 0 Å². The Bertz CT molecular complexity index is 486. The van der Waals surface area contributed by atoms with Crippen LogP contribution in [0, 0.1) is 11.7 Å². The van der Waals surface area contributed by atoms with E-state index in [9.17, 15) is 4.39 Å². The van der Waals surface area contributed by atoms with E-state index >= 15 is 0 Å². The van der Waals surface area contributed by atoms with E-state index in [-0.39, 0.29) is 11.9 Å². The average Bonchev–Trinajstić information content (AvgIpc) is 2.53. The third-order valence-corrected chi connectivity index (χ3v) is 5.44. The lowest BCUT2D eigenvalue weighted by Gasteiger charge is -2.46.